The number of amides is 1. The van der Waals surface area contributed by atoms with Crippen LogP contribution in [0.25, 0.3) is 5.76 Å². The number of anilines is 1. The number of hydrogen-bond donors (Lipinski definition) is 2. The fourth-order valence-electron chi connectivity index (χ4n) is 3.94. The maximum Gasteiger partial charge on any atom is 0.300 e. The number of aliphatic hydroxyl groups is 1. The molecule has 3 aromatic rings. The van der Waals surface area contributed by atoms with E-state index in [1.165, 1.54) is 36.4 Å². The molecule has 3 N–H and O–H groups in total. The molecule has 178 valence electrons. The molecule has 0 unspecified atom stereocenters. The zero-order valence-electron chi connectivity index (χ0n) is 18.3. The number of para-hydroxylation sites is 1. The summed E-state index contributed by atoms with van der Waals surface area (Å²) in [4.78, 5) is 38.2. The molecule has 1 atom stereocenters. The van der Waals surface area contributed by atoms with E-state index in [4.69, 9.17) is 5.14 Å². The van der Waals surface area contributed by atoms with Crippen molar-refractivity contribution in [1.82, 2.24) is 0 Å². The van der Waals surface area contributed by atoms with Crippen LogP contribution < -0.4 is 10.0 Å². The number of nitro groups is 1. The maximum atomic E-state index is 13.2. The summed E-state index contributed by atoms with van der Waals surface area (Å²) < 4.78 is 23.3. The van der Waals surface area contributed by atoms with Crippen LogP contribution in [0, 0.1) is 17.0 Å². The molecule has 0 spiro atoms. The summed E-state index contributed by atoms with van der Waals surface area (Å²) in [7, 11) is -4.02. The van der Waals surface area contributed by atoms with Gasteiger partial charge in [-0.25, -0.2) is 13.6 Å². The van der Waals surface area contributed by atoms with Gasteiger partial charge in [-0.05, 0) is 37.3 Å². The lowest BCUT2D eigenvalue weighted by Crippen LogP contribution is -2.29. The number of aliphatic hydroxyl groups excluding tert-OH is 1. The van der Waals surface area contributed by atoms with Crippen LogP contribution in [-0.4, -0.2) is 30.1 Å². The quantitative estimate of drug-likeness (QED) is 0.181. The number of ketones is 1. The number of rotatable bonds is 5. The van der Waals surface area contributed by atoms with Crippen molar-refractivity contribution in [3.63, 3.8) is 0 Å². The van der Waals surface area contributed by atoms with E-state index in [0.29, 0.717) is 0 Å². The van der Waals surface area contributed by atoms with Gasteiger partial charge in [0.05, 0.1) is 21.0 Å². The minimum Gasteiger partial charge on any atom is -0.507 e. The molecule has 1 aliphatic heterocycles. The lowest BCUT2D eigenvalue weighted by molar-refractivity contribution is -0.385. The van der Waals surface area contributed by atoms with E-state index in [0.717, 1.165) is 22.6 Å². The van der Waals surface area contributed by atoms with Gasteiger partial charge in [0.2, 0.25) is 10.0 Å². The fraction of sp³-hybridized carbons (Fsp3) is 0.0833. The number of carbonyl (C=O) groups excluding carboxylic acids is 2. The Labute approximate surface area is 200 Å². The van der Waals surface area contributed by atoms with Gasteiger partial charge in [0.15, 0.2) is 0 Å². The smallest absolute Gasteiger partial charge is 0.300 e. The summed E-state index contributed by atoms with van der Waals surface area (Å²) in [6, 6.07) is 15.6. The highest BCUT2D eigenvalue weighted by atomic mass is 32.2. The number of sulfonamides is 1. The Morgan fingerprint density at radius 3 is 2.17 bits per heavy atom. The van der Waals surface area contributed by atoms with Crippen LogP contribution in [-0.2, 0) is 19.6 Å². The van der Waals surface area contributed by atoms with Crippen LogP contribution in [0.2, 0.25) is 0 Å². The highest BCUT2D eigenvalue weighted by molar-refractivity contribution is 7.89. The molecule has 11 heteroatoms. The number of Topliss-reactive ketones (excluding diaryl/α,β-unsaturated/α-hetero) is 1. The first-order valence-electron chi connectivity index (χ1n) is 10.2. The first-order chi connectivity index (χ1) is 16.5. The Balaban J connectivity index is 1.98. The number of carbonyl (C=O) groups is 2. The molecule has 1 amide bonds. The van der Waals surface area contributed by atoms with Gasteiger partial charge in [-0.15, -0.1) is 0 Å². The Kier molecular flexibility index (Phi) is 5.97. The molecule has 10 nitrogen and oxygen atoms in total. The number of primary sulfonamides is 1. The van der Waals surface area contributed by atoms with Crippen molar-refractivity contribution >= 4 is 38.8 Å². The first-order valence-corrected chi connectivity index (χ1v) is 11.8. The number of nitrogens with zero attached hydrogens (tertiary/aromatic N) is 2. The monoisotopic (exact) mass is 493 g/mol. The van der Waals surface area contributed by atoms with Crippen LogP contribution in [0.5, 0.6) is 0 Å². The standard InChI is InChI=1S/C24H19N3O7S/c1-14-6-8-15(9-7-14)22(28)20-21(18-4-2-3-5-19(18)27(31)32)26(24(30)23(20)29)16-10-12-17(13-11-16)35(25,33)34/h2-13,21,28H,1H3,(H2,25,33,34)/t21-/m1/s1. The lowest BCUT2D eigenvalue weighted by Gasteiger charge is -2.25. The third-order valence-corrected chi connectivity index (χ3v) is 6.57. The summed E-state index contributed by atoms with van der Waals surface area (Å²) >= 11 is 0. The maximum absolute atomic E-state index is 13.2. The van der Waals surface area contributed by atoms with E-state index >= 15 is 0 Å². The SMILES string of the molecule is Cc1ccc(C(O)=C2C(=O)C(=O)N(c3ccc(S(N)(=O)=O)cc3)[C@@H]2c2ccccc2[N+](=O)[O-])cc1. The number of benzene rings is 3. The summed E-state index contributed by atoms with van der Waals surface area (Å²) in [6.07, 6.45) is 0. The zero-order valence-corrected chi connectivity index (χ0v) is 19.1. The normalized spacial score (nSPS) is 17.5. The van der Waals surface area contributed by atoms with E-state index in [1.807, 2.05) is 6.92 Å². The lowest BCUT2D eigenvalue weighted by atomic mass is 9.94. The van der Waals surface area contributed by atoms with Gasteiger partial charge in [0.25, 0.3) is 17.4 Å². The minimum atomic E-state index is -4.02. The third-order valence-electron chi connectivity index (χ3n) is 5.64. The van der Waals surface area contributed by atoms with Crippen LogP contribution in [0.4, 0.5) is 11.4 Å². The summed E-state index contributed by atoms with van der Waals surface area (Å²) in [5.74, 6) is -2.57. The summed E-state index contributed by atoms with van der Waals surface area (Å²) in [6.45, 7) is 1.83. The number of hydrogen-bond acceptors (Lipinski definition) is 7. The second-order valence-electron chi connectivity index (χ2n) is 7.89. The van der Waals surface area contributed by atoms with Crippen molar-refractivity contribution in [1.29, 1.82) is 0 Å². The van der Waals surface area contributed by atoms with E-state index in [9.17, 15) is 33.2 Å². The molecule has 35 heavy (non-hydrogen) atoms. The second-order valence-corrected chi connectivity index (χ2v) is 9.45. The number of nitro benzene ring substituents is 1. The highest BCUT2D eigenvalue weighted by Gasteiger charge is 2.48. The summed E-state index contributed by atoms with van der Waals surface area (Å²) in [5.41, 5.74) is 0.546. The molecular formula is C24H19N3O7S. The van der Waals surface area contributed by atoms with Gasteiger partial charge < -0.3 is 5.11 Å². The molecule has 1 saturated heterocycles. The topological polar surface area (TPSA) is 161 Å². The molecule has 3 aromatic carbocycles. The van der Waals surface area contributed by atoms with Crippen LogP contribution >= 0.6 is 0 Å². The van der Waals surface area contributed by atoms with Crippen molar-refractivity contribution < 1.29 is 28.0 Å². The van der Waals surface area contributed by atoms with E-state index in [1.54, 1.807) is 24.3 Å². The Hall–Kier alpha value is -4.35. The molecule has 1 aliphatic rings. The Bertz CT molecular complexity index is 1490. The van der Waals surface area contributed by atoms with Gasteiger partial charge in [-0.1, -0.05) is 42.0 Å². The molecule has 0 aromatic heterocycles. The van der Waals surface area contributed by atoms with Gasteiger partial charge in [0, 0.05) is 17.3 Å². The largest absolute Gasteiger partial charge is 0.507 e. The predicted octanol–water partition coefficient (Wildman–Crippen LogP) is 3.18. The van der Waals surface area contributed by atoms with Crippen LogP contribution in [0.3, 0.4) is 0 Å². The summed E-state index contributed by atoms with van der Waals surface area (Å²) in [5, 5.41) is 28.0. The molecule has 0 aliphatic carbocycles. The van der Waals surface area contributed by atoms with Crippen molar-refractivity contribution in [2.45, 2.75) is 17.9 Å². The highest BCUT2D eigenvalue weighted by Crippen LogP contribution is 2.44. The molecule has 0 bridgehead atoms. The van der Waals surface area contributed by atoms with E-state index in [-0.39, 0.29) is 33.0 Å². The van der Waals surface area contributed by atoms with Gasteiger partial charge >= 0.3 is 0 Å². The third kappa shape index (κ3) is 4.29. The van der Waals surface area contributed by atoms with Crippen LogP contribution in [0.1, 0.15) is 22.7 Å². The first kappa shape index (κ1) is 23.8. The van der Waals surface area contributed by atoms with Crippen molar-refractivity contribution in [2.75, 3.05) is 4.90 Å². The molecule has 1 heterocycles. The van der Waals surface area contributed by atoms with Crippen molar-refractivity contribution in [3.8, 4) is 0 Å². The van der Waals surface area contributed by atoms with Crippen molar-refractivity contribution in [2.24, 2.45) is 5.14 Å². The average molecular weight is 493 g/mol. The fourth-order valence-corrected chi connectivity index (χ4v) is 4.46. The predicted molar refractivity (Wildman–Crippen MR) is 127 cm³/mol. The van der Waals surface area contributed by atoms with E-state index < -0.39 is 38.4 Å². The molecule has 4 rings (SSSR count). The number of nitrogens with two attached hydrogens (primary N) is 1. The molecule has 1 fully saturated rings. The van der Waals surface area contributed by atoms with Crippen LogP contribution in [0.15, 0.2) is 83.3 Å². The Morgan fingerprint density at radius 1 is 1.00 bits per heavy atom. The average Bonchev–Trinajstić information content (AvgIpc) is 3.09. The minimum absolute atomic E-state index is 0.000819. The molecule has 0 radical (unpaired) electrons. The van der Waals surface area contributed by atoms with Gasteiger partial charge in [-0.2, -0.15) is 0 Å². The Morgan fingerprint density at radius 2 is 1.60 bits per heavy atom. The van der Waals surface area contributed by atoms with E-state index in [2.05, 4.69) is 0 Å². The second kappa shape index (κ2) is 8.78. The van der Waals surface area contributed by atoms with Gasteiger partial charge in [-0.3, -0.25) is 24.6 Å². The molecule has 0 saturated carbocycles. The zero-order chi connectivity index (χ0) is 25.5. The van der Waals surface area contributed by atoms with Gasteiger partial charge in [0.1, 0.15) is 11.8 Å². The number of aryl methyl sites for hydroxylation is 1. The van der Waals surface area contributed by atoms with Crippen molar-refractivity contribution in [3.05, 3.63) is 105 Å². The molecular weight excluding hydrogens is 474 g/mol.